The van der Waals surface area contributed by atoms with E-state index in [0.717, 1.165) is 25.0 Å². The lowest BCUT2D eigenvalue weighted by atomic mass is 10.1. The van der Waals surface area contributed by atoms with Gasteiger partial charge in [0.15, 0.2) is 22.6 Å². The lowest BCUT2D eigenvalue weighted by molar-refractivity contribution is 0.447. The Hall–Kier alpha value is -2.88. The summed E-state index contributed by atoms with van der Waals surface area (Å²) < 4.78 is 46.2. The molecule has 2 aromatic rings. The molecule has 166 valence electrons. The molecule has 6 nitrogen and oxygen atoms in total. The van der Waals surface area contributed by atoms with E-state index in [0.29, 0.717) is 34.6 Å². The molecule has 0 aliphatic rings. The second-order valence-corrected chi connectivity index (χ2v) is 7.26. The molecule has 0 unspecified atom stereocenters. The molecular weight excluding hydrogens is 427 g/mol. The highest BCUT2D eigenvalue weighted by atomic mass is 32.2. The third kappa shape index (κ3) is 6.81. The molecule has 0 spiro atoms. The van der Waals surface area contributed by atoms with Crippen molar-refractivity contribution in [2.45, 2.75) is 26.2 Å². The number of nitrogens with one attached hydrogen (secondary N) is 1. The first-order valence-electron chi connectivity index (χ1n) is 9.53. The van der Waals surface area contributed by atoms with Crippen LogP contribution in [0.3, 0.4) is 0 Å². The zero-order valence-corrected chi connectivity index (χ0v) is 18.4. The molecule has 0 aliphatic carbocycles. The Morgan fingerprint density at radius 1 is 1.13 bits per heavy atom. The van der Waals surface area contributed by atoms with Crippen LogP contribution in [0.2, 0.25) is 0 Å². The van der Waals surface area contributed by atoms with Crippen molar-refractivity contribution in [1.82, 2.24) is 5.43 Å². The molecule has 2 rings (SSSR count). The summed E-state index contributed by atoms with van der Waals surface area (Å²) in [6.07, 6.45) is 2.42. The Bertz CT molecular complexity index is 978. The Morgan fingerprint density at radius 3 is 2.42 bits per heavy atom. The average molecular weight is 452 g/mol. The van der Waals surface area contributed by atoms with Crippen LogP contribution in [0.4, 0.5) is 13.2 Å². The fraction of sp³-hybridized carbons (Fsp3) is 0.333. The van der Waals surface area contributed by atoms with Crippen LogP contribution in [-0.4, -0.2) is 43.3 Å². The molecular formula is C21H24F3N5OS. The van der Waals surface area contributed by atoms with Crippen LogP contribution in [-0.2, 0) is 0 Å². The van der Waals surface area contributed by atoms with Crippen LogP contribution < -0.4 is 5.43 Å². The highest BCUT2D eigenvalue weighted by molar-refractivity contribution is 8.14. The van der Waals surface area contributed by atoms with Gasteiger partial charge in [-0.2, -0.15) is 5.10 Å². The maximum atomic E-state index is 13.6. The van der Waals surface area contributed by atoms with Gasteiger partial charge in [0, 0.05) is 26.4 Å². The third-order valence-corrected chi connectivity index (χ3v) is 5.11. The predicted molar refractivity (Wildman–Crippen MR) is 122 cm³/mol. The predicted octanol–water partition coefficient (Wildman–Crippen LogP) is 5.30. The van der Waals surface area contributed by atoms with Crippen molar-refractivity contribution in [2.24, 2.45) is 20.1 Å². The van der Waals surface area contributed by atoms with Gasteiger partial charge in [0.2, 0.25) is 0 Å². The van der Waals surface area contributed by atoms with E-state index in [1.807, 2.05) is 0 Å². The first-order chi connectivity index (χ1) is 14.9. The second kappa shape index (κ2) is 12.1. The molecule has 0 bridgehead atoms. The molecule has 0 saturated carbocycles. The van der Waals surface area contributed by atoms with Gasteiger partial charge in [-0.25, -0.2) is 18.2 Å². The minimum absolute atomic E-state index is 0.100. The number of hydrazone groups is 1. The summed E-state index contributed by atoms with van der Waals surface area (Å²) in [5, 5.41) is 4.11. The molecule has 0 amide bonds. The van der Waals surface area contributed by atoms with Crippen LogP contribution >= 0.6 is 11.8 Å². The average Bonchev–Trinajstić information content (AvgIpc) is 3.26. The molecule has 1 N–H and O–H groups in total. The molecule has 0 atom stereocenters. The Labute approximate surface area is 183 Å². The van der Waals surface area contributed by atoms with Crippen molar-refractivity contribution < 1.29 is 17.6 Å². The van der Waals surface area contributed by atoms with E-state index in [4.69, 9.17) is 4.42 Å². The van der Waals surface area contributed by atoms with E-state index in [1.54, 1.807) is 26.2 Å². The smallest absolute Gasteiger partial charge is 0.194 e. The molecule has 31 heavy (non-hydrogen) atoms. The van der Waals surface area contributed by atoms with Crippen molar-refractivity contribution in [1.29, 1.82) is 0 Å². The summed E-state index contributed by atoms with van der Waals surface area (Å²) in [6, 6.07) is 5.03. The maximum Gasteiger partial charge on any atom is 0.194 e. The molecule has 0 saturated heterocycles. The summed E-state index contributed by atoms with van der Waals surface area (Å²) >= 11 is 1.36. The van der Waals surface area contributed by atoms with Crippen LogP contribution in [0.5, 0.6) is 0 Å². The summed E-state index contributed by atoms with van der Waals surface area (Å²) in [4.78, 5) is 12.9. The minimum Gasteiger partial charge on any atom is -0.455 e. The number of furan rings is 1. The highest BCUT2D eigenvalue weighted by Gasteiger charge is 2.16. The van der Waals surface area contributed by atoms with Crippen LogP contribution in [0, 0.1) is 17.5 Å². The lowest BCUT2D eigenvalue weighted by Gasteiger charge is -2.07. The van der Waals surface area contributed by atoms with Gasteiger partial charge in [0.1, 0.15) is 17.4 Å². The number of rotatable bonds is 8. The number of amidine groups is 2. The molecule has 1 heterocycles. The van der Waals surface area contributed by atoms with Gasteiger partial charge in [-0.15, -0.1) is 0 Å². The van der Waals surface area contributed by atoms with Gasteiger partial charge in [-0.05, 0) is 37.1 Å². The first kappa shape index (κ1) is 24.4. The number of thioether (sulfide) groups is 1. The van der Waals surface area contributed by atoms with E-state index < -0.39 is 17.5 Å². The van der Waals surface area contributed by atoms with Crippen LogP contribution in [0.1, 0.15) is 31.9 Å². The Kier molecular flexibility index (Phi) is 9.51. The van der Waals surface area contributed by atoms with Crippen molar-refractivity contribution >= 4 is 35.2 Å². The number of benzene rings is 1. The van der Waals surface area contributed by atoms with Gasteiger partial charge in [-0.1, -0.05) is 25.1 Å². The fourth-order valence-electron chi connectivity index (χ4n) is 2.56. The number of hydrogen-bond donors (Lipinski definition) is 1. The van der Waals surface area contributed by atoms with E-state index >= 15 is 0 Å². The van der Waals surface area contributed by atoms with Gasteiger partial charge in [0.25, 0.3) is 0 Å². The highest BCUT2D eigenvalue weighted by Crippen LogP contribution is 2.27. The number of unbranched alkanes of at least 4 members (excludes halogenated alkanes) is 1. The van der Waals surface area contributed by atoms with E-state index in [-0.39, 0.29) is 11.3 Å². The molecule has 0 radical (unpaired) electrons. The summed E-state index contributed by atoms with van der Waals surface area (Å²) in [6.45, 7) is 5.42. The summed E-state index contributed by atoms with van der Waals surface area (Å²) in [7, 11) is 3.27. The van der Waals surface area contributed by atoms with Crippen molar-refractivity contribution in [3.05, 3.63) is 47.5 Å². The number of hydrogen-bond acceptors (Lipinski definition) is 5. The van der Waals surface area contributed by atoms with Crippen molar-refractivity contribution in [3.63, 3.8) is 0 Å². The number of aliphatic imine (C=N–C) groups is 3. The van der Waals surface area contributed by atoms with Crippen LogP contribution in [0.15, 0.2) is 48.8 Å². The van der Waals surface area contributed by atoms with Gasteiger partial charge in [0.05, 0.1) is 11.5 Å². The van der Waals surface area contributed by atoms with E-state index in [2.05, 4.69) is 39.1 Å². The van der Waals surface area contributed by atoms with E-state index in [1.165, 1.54) is 11.8 Å². The molecule has 1 aromatic heterocycles. The summed E-state index contributed by atoms with van der Waals surface area (Å²) in [5.74, 6) is -2.33. The largest absolute Gasteiger partial charge is 0.455 e. The van der Waals surface area contributed by atoms with E-state index in [9.17, 15) is 13.2 Å². The third-order valence-electron chi connectivity index (χ3n) is 4.16. The quantitative estimate of drug-likeness (QED) is 0.256. The Morgan fingerprint density at radius 2 is 1.84 bits per heavy atom. The minimum atomic E-state index is -1.52. The lowest BCUT2D eigenvalue weighted by Crippen LogP contribution is -2.20. The number of nitrogens with zero attached hydrogens (tertiary/aromatic N) is 4. The van der Waals surface area contributed by atoms with Crippen molar-refractivity contribution in [3.8, 4) is 11.3 Å². The monoisotopic (exact) mass is 451 g/mol. The van der Waals surface area contributed by atoms with Crippen LogP contribution in [0.25, 0.3) is 11.3 Å². The summed E-state index contributed by atoms with van der Waals surface area (Å²) in [5.41, 5.74) is 3.45. The molecule has 1 aromatic carbocycles. The zero-order chi connectivity index (χ0) is 22.8. The standard InChI is InChI=1S/C21H24F3N5OS/c1-5-6-7-16(28-21(26-3)31-12-19(25-2)29-27-4)18-9-8-17(30-18)13-10-14(22)20(24)15(23)11-13/h8-11H,4-7,12H2,1-3H3,(H,25,29). The van der Waals surface area contributed by atoms with Gasteiger partial charge < -0.3 is 4.42 Å². The van der Waals surface area contributed by atoms with Crippen molar-refractivity contribution in [2.75, 3.05) is 19.8 Å². The molecule has 0 aliphatic heterocycles. The first-order valence-corrected chi connectivity index (χ1v) is 10.5. The second-order valence-electron chi connectivity index (χ2n) is 6.31. The van der Waals surface area contributed by atoms with Gasteiger partial charge >= 0.3 is 0 Å². The molecule has 10 heteroatoms. The normalized spacial score (nSPS) is 12.9. The van der Waals surface area contributed by atoms with Gasteiger partial charge in [-0.3, -0.25) is 15.4 Å². The fourth-order valence-corrected chi connectivity index (χ4v) is 3.32. The zero-order valence-electron chi connectivity index (χ0n) is 17.6. The molecule has 0 fully saturated rings. The maximum absolute atomic E-state index is 13.6. The Balaban J connectivity index is 2.30. The SMILES string of the molecule is C=NNC(CSC(=NC)N=C(CCCC)c1ccc(-c2cc(F)c(F)c(F)c2)o1)=NC. The number of halogens is 3. The topological polar surface area (TPSA) is 74.6 Å².